The molecule has 0 radical (unpaired) electrons. The lowest BCUT2D eigenvalue weighted by atomic mass is 9.84. The second kappa shape index (κ2) is 21.5. The van der Waals surface area contributed by atoms with E-state index in [4.69, 9.17) is 14.2 Å². The number of aromatic nitrogens is 4. The molecule has 1 aromatic carbocycles. The van der Waals surface area contributed by atoms with Crippen molar-refractivity contribution in [3.05, 3.63) is 156 Å². The summed E-state index contributed by atoms with van der Waals surface area (Å²) in [5.74, 6) is 0.670. The zero-order chi connectivity index (χ0) is 33.7. The summed E-state index contributed by atoms with van der Waals surface area (Å²) in [6, 6.07) is 33.8. The van der Waals surface area contributed by atoms with Gasteiger partial charge in [-0.05, 0) is 93.6 Å². The molecule has 0 bridgehead atoms. The molecule has 7 nitrogen and oxygen atoms in total. The van der Waals surface area contributed by atoms with Gasteiger partial charge >= 0.3 is 0 Å². The molecule has 0 aliphatic heterocycles. The van der Waals surface area contributed by atoms with Crippen molar-refractivity contribution < 1.29 is 14.2 Å². The maximum atomic E-state index is 5.90. The Morgan fingerprint density at radius 3 is 1.33 bits per heavy atom. The molecule has 2 unspecified atom stereocenters. The zero-order valence-corrected chi connectivity index (χ0v) is 28.6. The fourth-order valence-corrected chi connectivity index (χ4v) is 5.85. The molecule has 7 heteroatoms. The first-order chi connectivity index (χ1) is 23.7. The Morgan fingerprint density at radius 1 is 0.479 bits per heavy atom. The maximum Gasteiger partial charge on any atom is 0.141 e. The molecule has 5 aromatic rings. The largest absolute Gasteiger partial charge is 0.372 e. The minimum atomic E-state index is -0.174. The molecule has 6 rings (SSSR count). The molecule has 252 valence electrons. The summed E-state index contributed by atoms with van der Waals surface area (Å²) in [6.07, 6.45) is 13.8. The number of ether oxygens (including phenoxy) is 3. The number of hydrogen-bond donors (Lipinski definition) is 0. The monoisotopic (exact) mass is 646 g/mol. The number of pyridine rings is 4. The Morgan fingerprint density at radius 2 is 0.896 bits per heavy atom. The third kappa shape index (κ3) is 11.7. The van der Waals surface area contributed by atoms with Crippen LogP contribution in [-0.2, 0) is 14.2 Å². The molecule has 1 aliphatic carbocycles. The summed E-state index contributed by atoms with van der Waals surface area (Å²) in [6.45, 7) is 8.13. The Labute approximate surface area is 286 Å². The van der Waals surface area contributed by atoms with Crippen LogP contribution in [0.1, 0.15) is 99.5 Å². The lowest BCUT2D eigenvalue weighted by Crippen LogP contribution is -2.20. The normalized spacial score (nSPS) is 14.2. The fourth-order valence-electron chi connectivity index (χ4n) is 5.85. The molecule has 4 aromatic heterocycles. The van der Waals surface area contributed by atoms with Gasteiger partial charge in [-0.25, -0.2) is 0 Å². The first kappa shape index (κ1) is 36.5. The van der Waals surface area contributed by atoms with Crippen LogP contribution in [0.4, 0.5) is 0 Å². The van der Waals surface area contributed by atoms with Crippen LogP contribution in [0.25, 0.3) is 0 Å². The predicted molar refractivity (Wildman–Crippen MR) is 191 cm³/mol. The zero-order valence-electron chi connectivity index (χ0n) is 28.6. The molecule has 0 spiro atoms. The van der Waals surface area contributed by atoms with Gasteiger partial charge in [0, 0.05) is 44.6 Å². The summed E-state index contributed by atoms with van der Waals surface area (Å²) in [7, 11) is 0. The Bertz CT molecular complexity index is 1330. The van der Waals surface area contributed by atoms with E-state index in [1.807, 2.05) is 98.9 Å². The van der Waals surface area contributed by atoms with E-state index < -0.39 is 0 Å². The maximum absolute atomic E-state index is 5.90. The second-order valence-corrected chi connectivity index (χ2v) is 11.4. The van der Waals surface area contributed by atoms with Gasteiger partial charge in [-0.3, -0.25) is 19.9 Å². The molecular formula is C41H50N4O3. The number of nitrogens with zero attached hydrogens (tertiary/aromatic N) is 4. The van der Waals surface area contributed by atoms with Crippen LogP contribution in [0.3, 0.4) is 0 Å². The molecule has 0 amide bonds. The summed E-state index contributed by atoms with van der Waals surface area (Å²) >= 11 is 0. The van der Waals surface area contributed by atoms with E-state index in [1.165, 1.54) is 32.1 Å². The first-order valence-electron chi connectivity index (χ1n) is 17.3. The lowest BCUT2D eigenvalue weighted by Gasteiger charge is -2.29. The minimum absolute atomic E-state index is 0.0626. The fraction of sp³-hybridized carbons (Fsp3) is 0.366. The summed E-state index contributed by atoms with van der Waals surface area (Å²) in [4.78, 5) is 17.4. The Hall–Kier alpha value is -4.30. The van der Waals surface area contributed by atoms with E-state index >= 15 is 0 Å². The molecular weight excluding hydrogens is 596 g/mol. The van der Waals surface area contributed by atoms with Crippen molar-refractivity contribution in [2.24, 2.45) is 5.92 Å². The standard InChI is InChI=1S/C14H21NO.C14H15NO.C13H14N2O/c2*1-2-16-14(12-8-4-3-5-9-12)13-10-6-7-11-15-13;1-2-16-13(11-7-3-5-9-14-11)12-8-4-6-10-15-12/h6-7,10-12,14H,2-5,8-9H2,1H3;3-11,14H,2H2,1H3;3-10,13H,2H2,1H3. The quantitative estimate of drug-likeness (QED) is 0.134. The Balaban J connectivity index is 0.000000163. The van der Waals surface area contributed by atoms with Crippen LogP contribution < -0.4 is 0 Å². The van der Waals surface area contributed by atoms with Crippen LogP contribution in [0.5, 0.6) is 0 Å². The molecule has 4 heterocycles. The van der Waals surface area contributed by atoms with E-state index in [0.29, 0.717) is 19.1 Å². The highest BCUT2D eigenvalue weighted by molar-refractivity contribution is 5.25. The predicted octanol–water partition coefficient (Wildman–Crippen LogP) is 9.55. The highest BCUT2D eigenvalue weighted by Crippen LogP contribution is 2.36. The average molecular weight is 647 g/mol. The third-order valence-corrected chi connectivity index (χ3v) is 8.04. The van der Waals surface area contributed by atoms with Gasteiger partial charge in [-0.1, -0.05) is 73.9 Å². The van der Waals surface area contributed by atoms with E-state index in [0.717, 1.165) is 34.9 Å². The molecule has 0 saturated heterocycles. The molecule has 48 heavy (non-hydrogen) atoms. The smallest absolute Gasteiger partial charge is 0.141 e. The van der Waals surface area contributed by atoms with Crippen molar-refractivity contribution >= 4 is 0 Å². The topological polar surface area (TPSA) is 79.2 Å². The van der Waals surface area contributed by atoms with Gasteiger partial charge in [-0.15, -0.1) is 0 Å². The average Bonchev–Trinajstić information content (AvgIpc) is 3.17. The van der Waals surface area contributed by atoms with Crippen molar-refractivity contribution in [1.29, 1.82) is 0 Å². The second-order valence-electron chi connectivity index (χ2n) is 11.4. The summed E-state index contributed by atoms with van der Waals surface area (Å²) < 4.78 is 17.3. The van der Waals surface area contributed by atoms with Crippen molar-refractivity contribution in [1.82, 2.24) is 19.9 Å². The van der Waals surface area contributed by atoms with Crippen molar-refractivity contribution in [2.45, 2.75) is 71.2 Å². The third-order valence-electron chi connectivity index (χ3n) is 8.04. The van der Waals surface area contributed by atoms with Crippen molar-refractivity contribution in [3.63, 3.8) is 0 Å². The van der Waals surface area contributed by atoms with Gasteiger partial charge in [0.2, 0.25) is 0 Å². The highest BCUT2D eigenvalue weighted by Gasteiger charge is 2.26. The molecule has 1 aliphatic rings. The van der Waals surface area contributed by atoms with Gasteiger partial charge < -0.3 is 14.2 Å². The summed E-state index contributed by atoms with van der Waals surface area (Å²) in [5, 5.41) is 0. The molecule has 0 N–H and O–H groups in total. The Kier molecular flexibility index (Phi) is 16.4. The van der Waals surface area contributed by atoms with Gasteiger partial charge in [-0.2, -0.15) is 0 Å². The lowest BCUT2D eigenvalue weighted by molar-refractivity contribution is 0.00285. The highest BCUT2D eigenvalue weighted by atomic mass is 16.5. The number of benzene rings is 1. The van der Waals surface area contributed by atoms with Crippen molar-refractivity contribution in [2.75, 3.05) is 19.8 Å². The molecule has 1 saturated carbocycles. The summed E-state index contributed by atoms with van der Waals surface area (Å²) in [5.41, 5.74) is 4.99. The van der Waals surface area contributed by atoms with Crippen molar-refractivity contribution in [3.8, 4) is 0 Å². The van der Waals surface area contributed by atoms with Crippen LogP contribution in [-0.4, -0.2) is 39.8 Å². The van der Waals surface area contributed by atoms with E-state index in [2.05, 4.69) is 51.1 Å². The SMILES string of the molecule is CCOC(c1ccccc1)c1ccccn1.CCOC(c1ccccn1)C1CCCCC1.CCOC(c1ccccn1)c1ccccn1. The number of hydrogen-bond acceptors (Lipinski definition) is 7. The number of rotatable bonds is 12. The minimum Gasteiger partial charge on any atom is -0.372 e. The van der Waals surface area contributed by atoms with Crippen LogP contribution in [0, 0.1) is 5.92 Å². The molecule has 1 fully saturated rings. The first-order valence-corrected chi connectivity index (χ1v) is 17.3. The van der Waals surface area contributed by atoms with E-state index in [9.17, 15) is 0 Å². The van der Waals surface area contributed by atoms with E-state index in [-0.39, 0.29) is 18.3 Å². The van der Waals surface area contributed by atoms with Gasteiger partial charge in [0.1, 0.15) is 18.3 Å². The van der Waals surface area contributed by atoms with Gasteiger partial charge in [0.05, 0.1) is 22.8 Å². The van der Waals surface area contributed by atoms with Gasteiger partial charge in [0.15, 0.2) is 0 Å². The van der Waals surface area contributed by atoms with E-state index in [1.54, 1.807) is 18.6 Å². The molecule has 2 atom stereocenters. The van der Waals surface area contributed by atoms with Crippen LogP contribution in [0.15, 0.2) is 128 Å². The van der Waals surface area contributed by atoms with Gasteiger partial charge in [0.25, 0.3) is 0 Å². The van der Waals surface area contributed by atoms with Crippen LogP contribution >= 0.6 is 0 Å². The van der Waals surface area contributed by atoms with Crippen LogP contribution in [0.2, 0.25) is 0 Å².